The van der Waals surface area contributed by atoms with Gasteiger partial charge in [-0.2, -0.15) is 0 Å². The van der Waals surface area contributed by atoms with E-state index in [2.05, 4.69) is 16.8 Å². The molecule has 2 aromatic rings. The summed E-state index contributed by atoms with van der Waals surface area (Å²) in [4.78, 5) is 28.5. The monoisotopic (exact) mass is 365 g/mol. The first kappa shape index (κ1) is 19.3. The summed E-state index contributed by atoms with van der Waals surface area (Å²) in [5.74, 6) is -0.596. The Morgan fingerprint density at radius 3 is 2.72 bits per heavy atom. The minimum Gasteiger partial charge on any atom is -0.481 e. The SMILES string of the molecule is CC(=O)O.CCN1CCN(CCc2c[nH]c3ccc(Cl)cc23)C(=O)C1. The quantitative estimate of drug-likeness (QED) is 0.873. The van der Waals surface area contributed by atoms with Crippen molar-refractivity contribution in [2.45, 2.75) is 20.3 Å². The van der Waals surface area contributed by atoms with E-state index in [9.17, 15) is 4.79 Å². The molecule has 1 aliphatic rings. The molecule has 6 nitrogen and oxygen atoms in total. The Bertz CT molecular complexity index is 740. The van der Waals surface area contributed by atoms with E-state index in [4.69, 9.17) is 21.5 Å². The molecule has 0 radical (unpaired) electrons. The van der Waals surface area contributed by atoms with Crippen LogP contribution in [0.2, 0.25) is 5.02 Å². The molecule has 1 aromatic heterocycles. The van der Waals surface area contributed by atoms with E-state index in [1.54, 1.807) is 0 Å². The van der Waals surface area contributed by atoms with Crippen molar-refractivity contribution >= 4 is 34.4 Å². The molecule has 1 aromatic carbocycles. The van der Waals surface area contributed by atoms with Gasteiger partial charge in [-0.25, -0.2) is 0 Å². The molecule has 0 saturated carbocycles. The summed E-state index contributed by atoms with van der Waals surface area (Å²) in [5.41, 5.74) is 2.31. The van der Waals surface area contributed by atoms with Crippen LogP contribution in [0.1, 0.15) is 19.4 Å². The number of hydrogen-bond acceptors (Lipinski definition) is 3. The van der Waals surface area contributed by atoms with Gasteiger partial charge >= 0.3 is 0 Å². The number of benzene rings is 1. The highest BCUT2D eigenvalue weighted by molar-refractivity contribution is 6.31. The smallest absolute Gasteiger partial charge is 0.300 e. The number of carbonyl (C=O) groups is 2. The van der Waals surface area contributed by atoms with Gasteiger partial charge in [0, 0.05) is 48.7 Å². The topological polar surface area (TPSA) is 76.6 Å². The van der Waals surface area contributed by atoms with E-state index in [0.717, 1.165) is 55.4 Å². The summed E-state index contributed by atoms with van der Waals surface area (Å²) < 4.78 is 0. The van der Waals surface area contributed by atoms with Crippen LogP contribution in [0.15, 0.2) is 24.4 Å². The largest absolute Gasteiger partial charge is 0.481 e. The van der Waals surface area contributed by atoms with E-state index < -0.39 is 5.97 Å². The van der Waals surface area contributed by atoms with Gasteiger partial charge in [0.1, 0.15) is 0 Å². The van der Waals surface area contributed by atoms with Crippen molar-refractivity contribution < 1.29 is 14.7 Å². The second-order valence-corrected chi connectivity index (χ2v) is 6.46. The molecular formula is C18H24ClN3O3. The normalized spacial score (nSPS) is 15.2. The Morgan fingerprint density at radius 1 is 1.36 bits per heavy atom. The number of amides is 1. The second kappa shape index (κ2) is 8.87. The molecule has 3 rings (SSSR count). The van der Waals surface area contributed by atoms with Crippen molar-refractivity contribution in [2.75, 3.05) is 32.7 Å². The van der Waals surface area contributed by atoms with Gasteiger partial charge in [-0.05, 0) is 36.7 Å². The standard InChI is InChI=1S/C16H20ClN3O.C2H4O2/c1-2-19-7-8-20(16(21)11-19)6-5-12-10-18-15-4-3-13(17)9-14(12)15;1-2(3)4/h3-4,9-10,18H,2,5-8,11H2,1H3;1H3,(H,3,4). The molecule has 1 fully saturated rings. The number of H-pyrrole nitrogens is 1. The lowest BCUT2D eigenvalue weighted by Crippen LogP contribution is -2.50. The van der Waals surface area contributed by atoms with Crippen LogP contribution in [0.4, 0.5) is 0 Å². The predicted molar refractivity (Wildman–Crippen MR) is 99.0 cm³/mol. The van der Waals surface area contributed by atoms with Crippen LogP contribution in [0.3, 0.4) is 0 Å². The third-order valence-electron chi connectivity index (χ3n) is 4.23. The van der Waals surface area contributed by atoms with Crippen LogP contribution in [0.25, 0.3) is 10.9 Å². The fourth-order valence-electron chi connectivity index (χ4n) is 2.88. The number of piperazine rings is 1. The van der Waals surface area contributed by atoms with E-state index in [0.29, 0.717) is 6.54 Å². The number of likely N-dealkylation sites (N-methyl/N-ethyl adjacent to an activating group) is 1. The summed E-state index contributed by atoms with van der Waals surface area (Å²) in [6.45, 7) is 7.25. The van der Waals surface area contributed by atoms with Crippen LogP contribution in [-0.2, 0) is 16.0 Å². The van der Waals surface area contributed by atoms with E-state index >= 15 is 0 Å². The predicted octanol–water partition coefficient (Wildman–Crippen LogP) is 2.62. The molecule has 25 heavy (non-hydrogen) atoms. The molecule has 0 spiro atoms. The van der Waals surface area contributed by atoms with Gasteiger partial charge < -0.3 is 15.0 Å². The number of carboxylic acids is 1. The van der Waals surface area contributed by atoms with Gasteiger partial charge in [-0.1, -0.05) is 18.5 Å². The molecule has 1 amide bonds. The molecule has 0 aliphatic carbocycles. The summed E-state index contributed by atoms with van der Waals surface area (Å²) in [7, 11) is 0. The van der Waals surface area contributed by atoms with Gasteiger partial charge in [-0.3, -0.25) is 14.5 Å². The Labute approximate surface area is 152 Å². The number of hydrogen-bond donors (Lipinski definition) is 2. The van der Waals surface area contributed by atoms with Crippen LogP contribution >= 0.6 is 11.6 Å². The van der Waals surface area contributed by atoms with Crippen LogP contribution in [0.5, 0.6) is 0 Å². The zero-order valence-corrected chi connectivity index (χ0v) is 15.3. The lowest BCUT2D eigenvalue weighted by Gasteiger charge is -2.33. The first-order chi connectivity index (χ1) is 11.9. The molecule has 136 valence electrons. The van der Waals surface area contributed by atoms with Crippen molar-refractivity contribution in [3.05, 3.63) is 35.0 Å². The van der Waals surface area contributed by atoms with Crippen LogP contribution in [-0.4, -0.2) is 64.5 Å². The number of fused-ring (bicyclic) bond motifs is 1. The first-order valence-electron chi connectivity index (χ1n) is 8.36. The number of carboxylic acid groups (broad SMARTS) is 1. The maximum absolute atomic E-state index is 12.1. The molecule has 0 unspecified atom stereocenters. The Hall–Kier alpha value is -2.05. The van der Waals surface area contributed by atoms with Crippen molar-refractivity contribution in [2.24, 2.45) is 0 Å². The lowest BCUT2D eigenvalue weighted by atomic mass is 10.1. The number of aromatic amines is 1. The number of nitrogens with one attached hydrogen (secondary N) is 1. The third kappa shape index (κ3) is 5.47. The Kier molecular flexibility index (Phi) is 6.84. The Balaban J connectivity index is 0.000000511. The van der Waals surface area contributed by atoms with E-state index in [1.807, 2.05) is 29.3 Å². The highest BCUT2D eigenvalue weighted by Crippen LogP contribution is 2.23. The van der Waals surface area contributed by atoms with Gasteiger partial charge in [0.15, 0.2) is 0 Å². The second-order valence-electron chi connectivity index (χ2n) is 6.02. The molecule has 7 heteroatoms. The summed E-state index contributed by atoms with van der Waals surface area (Å²) >= 11 is 6.07. The van der Waals surface area contributed by atoms with E-state index in [-0.39, 0.29) is 5.91 Å². The third-order valence-corrected chi connectivity index (χ3v) is 4.46. The Morgan fingerprint density at radius 2 is 2.08 bits per heavy atom. The van der Waals surface area contributed by atoms with Crippen molar-refractivity contribution in [3.63, 3.8) is 0 Å². The number of carbonyl (C=O) groups excluding carboxylic acids is 1. The maximum atomic E-state index is 12.1. The summed E-state index contributed by atoms with van der Waals surface area (Å²) in [5, 5.41) is 9.32. The lowest BCUT2D eigenvalue weighted by molar-refractivity contribution is -0.136. The van der Waals surface area contributed by atoms with Crippen LogP contribution < -0.4 is 0 Å². The van der Waals surface area contributed by atoms with Crippen molar-refractivity contribution in [1.82, 2.24) is 14.8 Å². The molecule has 2 N–H and O–H groups in total. The molecule has 1 saturated heterocycles. The molecule has 2 heterocycles. The number of halogens is 1. The number of rotatable bonds is 4. The van der Waals surface area contributed by atoms with Gasteiger partial charge in [0.05, 0.1) is 6.54 Å². The maximum Gasteiger partial charge on any atom is 0.300 e. The van der Waals surface area contributed by atoms with Gasteiger partial charge in [0.2, 0.25) is 5.91 Å². The first-order valence-corrected chi connectivity index (χ1v) is 8.73. The number of aromatic nitrogens is 1. The average molecular weight is 366 g/mol. The summed E-state index contributed by atoms with van der Waals surface area (Å²) in [6.07, 6.45) is 2.88. The molecule has 1 aliphatic heterocycles. The minimum atomic E-state index is -0.833. The van der Waals surface area contributed by atoms with E-state index in [1.165, 1.54) is 5.56 Å². The summed E-state index contributed by atoms with van der Waals surface area (Å²) in [6, 6.07) is 5.86. The fourth-order valence-corrected chi connectivity index (χ4v) is 3.05. The van der Waals surface area contributed by atoms with Gasteiger partial charge in [0.25, 0.3) is 5.97 Å². The van der Waals surface area contributed by atoms with Crippen molar-refractivity contribution in [3.8, 4) is 0 Å². The fraction of sp³-hybridized carbons (Fsp3) is 0.444. The number of nitrogens with zero attached hydrogens (tertiary/aromatic N) is 2. The minimum absolute atomic E-state index is 0.237. The zero-order chi connectivity index (χ0) is 18.4. The molecule has 0 bridgehead atoms. The average Bonchev–Trinajstić information content (AvgIpc) is 2.95. The highest BCUT2D eigenvalue weighted by atomic mass is 35.5. The van der Waals surface area contributed by atoms with Crippen molar-refractivity contribution in [1.29, 1.82) is 0 Å². The highest BCUT2D eigenvalue weighted by Gasteiger charge is 2.22. The molecular weight excluding hydrogens is 342 g/mol. The van der Waals surface area contributed by atoms with Gasteiger partial charge in [-0.15, -0.1) is 0 Å². The zero-order valence-electron chi connectivity index (χ0n) is 14.6. The molecule has 0 atom stereocenters. The number of aliphatic carboxylic acids is 1. The van der Waals surface area contributed by atoms with Crippen LogP contribution in [0, 0.1) is 0 Å².